The molecule has 0 atom stereocenters. The van der Waals surface area contributed by atoms with E-state index in [1.807, 2.05) is 0 Å². The van der Waals surface area contributed by atoms with Gasteiger partial charge in [0.05, 0.1) is 0 Å². The van der Waals surface area contributed by atoms with Crippen molar-refractivity contribution in [3.63, 3.8) is 0 Å². The van der Waals surface area contributed by atoms with Gasteiger partial charge in [-0.1, -0.05) is 0 Å². The molecule has 0 aromatic heterocycles. The van der Waals surface area contributed by atoms with Gasteiger partial charge in [-0.05, 0) is 0 Å². The molecule has 24 valence electrons. The summed E-state index contributed by atoms with van der Waals surface area (Å²) >= 11 is 1.31. The quantitative estimate of drug-likeness (QED) is 0.326. The molecule has 0 heterocycles. The molecule has 0 unspecified atom stereocenters. The van der Waals surface area contributed by atoms with E-state index in [0.29, 0.717) is 0 Å². The van der Waals surface area contributed by atoms with Crippen molar-refractivity contribution < 1.29 is 0 Å². The van der Waals surface area contributed by atoms with Crippen LogP contribution in [-0.2, 0) is 0 Å². The molecule has 0 radical (unpaired) electrons. The predicted octanol–water partition coefficient (Wildman–Crippen LogP) is 1.15. The van der Waals surface area contributed by atoms with E-state index in [4.69, 9.17) is 0 Å². The Labute approximate surface area is 50.7 Å². The van der Waals surface area contributed by atoms with E-state index in [9.17, 15) is 0 Å². The monoisotopic (exact) mass is 78.0 g/mol. The maximum absolute atomic E-state index is 2.19. The van der Waals surface area contributed by atoms with E-state index in [2.05, 4.69) is 19.1 Å². The Morgan fingerprint density at radius 1 is 1.80 bits per heavy atom. The third-order valence-electron chi connectivity index (χ3n) is 0.471. The van der Waals surface area contributed by atoms with E-state index < -0.39 is 0 Å². The van der Waals surface area contributed by atoms with Crippen LogP contribution in [0.15, 0.2) is 12.2 Å². The van der Waals surface area contributed by atoms with Crippen molar-refractivity contribution in [2.24, 2.45) is 0 Å². The van der Waals surface area contributed by atoms with Gasteiger partial charge in [0.2, 0.25) is 0 Å². The van der Waals surface area contributed by atoms with Crippen molar-refractivity contribution in [2.45, 2.75) is 10.6 Å². The standard InChI is InChI=1S/C4H7.Na/c1-3-4-2;/h3-4H,1H2,2H3;. The molecule has 0 bridgehead atoms. The molecular formula is C4H7Na. The molecule has 0 aliphatic carbocycles. The minimum atomic E-state index is 1.30. The average Bonchev–Trinajstić information content (AvgIpc) is 1.41. The van der Waals surface area contributed by atoms with Crippen molar-refractivity contribution in [2.75, 3.05) is 0 Å². The van der Waals surface area contributed by atoms with Crippen LogP contribution in [0.3, 0.4) is 0 Å². The first-order chi connectivity index (χ1) is 2.41. The van der Waals surface area contributed by atoms with E-state index in [1.165, 1.54) is 31.6 Å². The van der Waals surface area contributed by atoms with Crippen LogP contribution in [0.5, 0.6) is 0 Å². The summed E-state index contributed by atoms with van der Waals surface area (Å²) in [6, 6.07) is 0. The van der Waals surface area contributed by atoms with E-state index in [1.54, 1.807) is 0 Å². The summed E-state index contributed by atoms with van der Waals surface area (Å²) < 4.78 is 1.30. The second kappa shape index (κ2) is 4.74. The fourth-order valence-electron chi connectivity index (χ4n) is 0.236. The van der Waals surface area contributed by atoms with Gasteiger partial charge in [-0.15, -0.1) is 0 Å². The van der Waals surface area contributed by atoms with Crippen LogP contribution in [-0.4, -0.2) is 27.9 Å². The first kappa shape index (κ1) is 5.74. The van der Waals surface area contributed by atoms with Gasteiger partial charge < -0.3 is 0 Å². The molecule has 0 saturated heterocycles. The van der Waals surface area contributed by atoms with Crippen LogP contribution in [0.4, 0.5) is 0 Å². The molecule has 0 aliphatic rings. The Morgan fingerprint density at radius 3 is 2.40 bits per heavy atom. The van der Waals surface area contributed by atoms with Crippen molar-refractivity contribution in [3.05, 3.63) is 12.2 Å². The van der Waals surface area contributed by atoms with Crippen LogP contribution in [0, 0.1) is 0 Å². The summed E-state index contributed by atoms with van der Waals surface area (Å²) in [6.45, 7) is 2.05. The average molecular weight is 78.1 g/mol. The zero-order chi connectivity index (χ0) is 4.12. The van der Waals surface area contributed by atoms with Gasteiger partial charge in [-0.25, -0.2) is 0 Å². The summed E-state index contributed by atoms with van der Waals surface area (Å²) in [5.74, 6) is 0. The van der Waals surface area contributed by atoms with Crippen LogP contribution >= 0.6 is 0 Å². The molecule has 0 rings (SSSR count). The van der Waals surface area contributed by atoms with Crippen LogP contribution in [0.25, 0.3) is 0 Å². The molecule has 0 amide bonds. The van der Waals surface area contributed by atoms with E-state index in [-0.39, 0.29) is 0 Å². The van der Waals surface area contributed by atoms with Gasteiger partial charge in [0.25, 0.3) is 0 Å². The SMILES string of the molecule is CC=C[CH2][Na]. The number of hydrogen-bond donors (Lipinski definition) is 0. The molecular weight excluding hydrogens is 71.0 g/mol. The third-order valence-corrected chi connectivity index (χ3v) is 0.943. The Morgan fingerprint density at radius 2 is 2.40 bits per heavy atom. The van der Waals surface area contributed by atoms with Crippen molar-refractivity contribution in [1.82, 2.24) is 0 Å². The minimum absolute atomic E-state index is 1.30. The molecule has 5 heavy (non-hydrogen) atoms. The predicted molar refractivity (Wildman–Crippen MR) is 25.4 cm³/mol. The van der Waals surface area contributed by atoms with E-state index >= 15 is 0 Å². The summed E-state index contributed by atoms with van der Waals surface area (Å²) in [7, 11) is 0. The topological polar surface area (TPSA) is 0 Å². The Kier molecular flexibility index (Phi) is 5.44. The molecule has 0 nitrogen and oxygen atoms in total. The Balaban J connectivity index is 2.62. The Hall–Kier alpha value is 0.740. The molecule has 0 N–H and O–H groups in total. The molecule has 0 aliphatic heterocycles. The number of rotatable bonds is 1. The molecule has 1 heteroatoms. The molecule has 0 spiro atoms. The van der Waals surface area contributed by atoms with Gasteiger partial charge in [0, 0.05) is 0 Å². The number of allylic oxidation sites excluding steroid dienone is 2. The summed E-state index contributed by atoms with van der Waals surface area (Å²) in [4.78, 5) is 0. The zero-order valence-corrected chi connectivity index (χ0v) is 5.86. The Bertz CT molecular complexity index is 30.6. The van der Waals surface area contributed by atoms with Gasteiger partial charge in [-0.3, -0.25) is 0 Å². The maximum atomic E-state index is 2.19. The van der Waals surface area contributed by atoms with Crippen LogP contribution in [0.2, 0.25) is 3.67 Å². The van der Waals surface area contributed by atoms with Crippen molar-refractivity contribution >= 4 is 27.9 Å². The fourth-order valence-corrected chi connectivity index (χ4v) is 0.707. The molecule has 0 aromatic rings. The van der Waals surface area contributed by atoms with Gasteiger partial charge in [-0.2, -0.15) is 0 Å². The second-order valence-electron chi connectivity index (χ2n) is 0.977. The first-order valence-electron chi connectivity index (χ1n) is 2.03. The van der Waals surface area contributed by atoms with Crippen molar-refractivity contribution in [3.8, 4) is 0 Å². The third kappa shape index (κ3) is 4.74. The van der Waals surface area contributed by atoms with Crippen LogP contribution in [0.1, 0.15) is 6.92 Å². The van der Waals surface area contributed by atoms with Crippen molar-refractivity contribution in [1.29, 1.82) is 0 Å². The normalized spacial score (nSPS) is 10.2. The summed E-state index contributed by atoms with van der Waals surface area (Å²) in [5.41, 5.74) is 0. The fraction of sp³-hybridized carbons (Fsp3) is 0.500. The van der Waals surface area contributed by atoms with Gasteiger partial charge >= 0.3 is 50.7 Å². The number of hydrogen-bond acceptors (Lipinski definition) is 0. The van der Waals surface area contributed by atoms with Gasteiger partial charge in [0.15, 0.2) is 0 Å². The molecule has 0 aromatic carbocycles. The molecule has 0 saturated carbocycles. The summed E-state index contributed by atoms with van der Waals surface area (Å²) in [5, 5.41) is 0. The second-order valence-corrected chi connectivity index (χ2v) is 1.79. The summed E-state index contributed by atoms with van der Waals surface area (Å²) in [6.07, 6.45) is 4.28. The zero-order valence-electron chi connectivity index (χ0n) is 3.86. The first-order valence-corrected chi connectivity index (χ1v) is 3.44. The van der Waals surface area contributed by atoms with Gasteiger partial charge in [0.1, 0.15) is 0 Å². The molecule has 0 fully saturated rings. The van der Waals surface area contributed by atoms with Crippen LogP contribution < -0.4 is 0 Å². The van der Waals surface area contributed by atoms with E-state index in [0.717, 1.165) is 0 Å².